The van der Waals surface area contributed by atoms with Crippen LogP contribution in [0.4, 0.5) is 0 Å². The van der Waals surface area contributed by atoms with Crippen LogP contribution in [0.25, 0.3) is 0 Å². The predicted octanol–water partition coefficient (Wildman–Crippen LogP) is 11.3. The maximum Gasteiger partial charge on any atom is 0.472 e. The molecule has 0 aliphatic heterocycles. The SMILES string of the molecule is CCCCC/C=C\CCCCCCCC(=O)O[C@H](COCCCCCCCCCCCCCCCCCCCC)COP(=O)(O)OC[C@@H](O)CO. The van der Waals surface area contributed by atoms with Gasteiger partial charge in [0, 0.05) is 13.0 Å². The van der Waals surface area contributed by atoms with Crippen LogP contribution in [0, 0.1) is 0 Å². The minimum absolute atomic E-state index is 0.0515. The van der Waals surface area contributed by atoms with Gasteiger partial charge in [-0.1, -0.05) is 167 Å². The van der Waals surface area contributed by atoms with Crippen LogP contribution in [-0.2, 0) is 27.9 Å². The van der Waals surface area contributed by atoms with Crippen molar-refractivity contribution in [3.05, 3.63) is 12.2 Å². The number of ether oxygens (including phenoxy) is 2. The zero-order valence-electron chi connectivity index (χ0n) is 33.1. The van der Waals surface area contributed by atoms with E-state index in [1.54, 1.807) is 0 Å². The van der Waals surface area contributed by atoms with Crippen LogP contribution < -0.4 is 0 Å². The highest BCUT2D eigenvalue weighted by Crippen LogP contribution is 2.43. The number of unbranched alkanes of at least 4 members (excludes halogenated alkanes) is 25. The largest absolute Gasteiger partial charge is 0.472 e. The molecule has 0 radical (unpaired) electrons. The second-order valence-corrected chi connectivity index (χ2v) is 15.8. The van der Waals surface area contributed by atoms with Crippen molar-refractivity contribution in [2.24, 2.45) is 0 Å². The number of aliphatic hydroxyl groups excluding tert-OH is 2. The van der Waals surface area contributed by atoms with E-state index in [1.165, 1.54) is 128 Å². The molecule has 0 amide bonds. The van der Waals surface area contributed by atoms with Gasteiger partial charge in [0.1, 0.15) is 12.2 Å². The molecule has 0 aromatic rings. The molecule has 0 saturated carbocycles. The molecule has 0 aliphatic rings. The molecule has 0 aromatic heterocycles. The molecule has 0 aliphatic carbocycles. The molecule has 0 rings (SSSR count). The Labute approximate surface area is 313 Å². The second-order valence-electron chi connectivity index (χ2n) is 14.4. The van der Waals surface area contributed by atoms with Crippen molar-refractivity contribution in [2.45, 2.75) is 212 Å². The van der Waals surface area contributed by atoms with Crippen LogP contribution in [0.5, 0.6) is 0 Å². The minimum Gasteiger partial charge on any atom is -0.457 e. The molecule has 9 nitrogen and oxygen atoms in total. The highest BCUT2D eigenvalue weighted by atomic mass is 31.2. The third-order valence-electron chi connectivity index (χ3n) is 9.20. The van der Waals surface area contributed by atoms with Crippen LogP contribution in [0.15, 0.2) is 12.2 Å². The summed E-state index contributed by atoms with van der Waals surface area (Å²) in [6, 6.07) is 0. The van der Waals surface area contributed by atoms with Gasteiger partial charge in [0.15, 0.2) is 0 Å². The van der Waals surface area contributed by atoms with Crippen LogP contribution >= 0.6 is 7.82 Å². The quantitative estimate of drug-likeness (QED) is 0.0242. The number of allylic oxidation sites excluding steroid dienone is 2. The number of aliphatic hydroxyl groups is 2. The van der Waals surface area contributed by atoms with Crippen molar-refractivity contribution in [2.75, 3.05) is 33.0 Å². The fraction of sp³-hybridized carbons (Fsp3) is 0.927. The summed E-state index contributed by atoms with van der Waals surface area (Å²) >= 11 is 0. The van der Waals surface area contributed by atoms with Crippen LogP contribution in [-0.4, -0.2) is 66.3 Å². The fourth-order valence-corrected chi connectivity index (χ4v) is 6.73. The molecule has 3 atom stereocenters. The topological polar surface area (TPSA) is 132 Å². The van der Waals surface area contributed by atoms with E-state index in [4.69, 9.17) is 23.6 Å². The van der Waals surface area contributed by atoms with Crippen molar-refractivity contribution in [1.29, 1.82) is 0 Å². The Kier molecular flexibility index (Phi) is 38.3. The summed E-state index contributed by atoms with van der Waals surface area (Å²) in [7, 11) is -4.51. The number of phosphoric acid groups is 1. The molecule has 51 heavy (non-hydrogen) atoms. The lowest BCUT2D eigenvalue weighted by Gasteiger charge is -2.20. The number of hydrogen-bond acceptors (Lipinski definition) is 8. The molecule has 0 spiro atoms. The van der Waals surface area contributed by atoms with Crippen molar-refractivity contribution in [1.82, 2.24) is 0 Å². The van der Waals surface area contributed by atoms with Crippen LogP contribution in [0.1, 0.15) is 200 Å². The summed E-state index contributed by atoms with van der Waals surface area (Å²) in [5.41, 5.74) is 0. The number of carbonyl (C=O) groups excluding carboxylic acids is 1. The maximum atomic E-state index is 12.6. The Hall–Kier alpha value is -0.800. The van der Waals surface area contributed by atoms with Gasteiger partial charge in [-0.3, -0.25) is 13.8 Å². The first kappa shape index (κ1) is 50.2. The molecule has 0 saturated heterocycles. The third kappa shape index (κ3) is 38.7. The number of phosphoric ester groups is 1. The molecule has 0 fully saturated rings. The summed E-state index contributed by atoms with van der Waals surface area (Å²) in [6.07, 6.45) is 37.4. The average molecular weight is 749 g/mol. The van der Waals surface area contributed by atoms with Crippen LogP contribution in [0.2, 0.25) is 0 Å². The monoisotopic (exact) mass is 749 g/mol. The van der Waals surface area contributed by atoms with Crippen molar-refractivity contribution in [3.63, 3.8) is 0 Å². The van der Waals surface area contributed by atoms with E-state index in [-0.39, 0.29) is 25.6 Å². The standard InChI is InChI=1S/C41H81O9P/c1-3-5-7-9-11-13-15-17-18-19-20-21-22-24-26-28-30-32-34-47-37-40(38-49-51(45,46)48-36-39(43)35-42)50-41(44)33-31-29-27-25-23-16-14-12-10-8-6-4-2/h12,14,39-40,42-43H,3-11,13,15-38H2,1-2H3,(H,45,46)/b14-12-/t39-,40+/m0/s1. The lowest BCUT2D eigenvalue weighted by molar-refractivity contribution is -0.154. The number of rotatable bonds is 41. The fourth-order valence-electron chi connectivity index (χ4n) is 5.94. The Morgan fingerprint density at radius 2 is 1.00 bits per heavy atom. The maximum absolute atomic E-state index is 12.6. The van der Waals surface area contributed by atoms with Gasteiger partial charge >= 0.3 is 13.8 Å². The van der Waals surface area contributed by atoms with Gasteiger partial charge in [0.25, 0.3) is 0 Å². The molecule has 1 unspecified atom stereocenters. The Morgan fingerprint density at radius 3 is 1.51 bits per heavy atom. The van der Waals surface area contributed by atoms with E-state index in [2.05, 4.69) is 26.0 Å². The Balaban J connectivity index is 4.12. The predicted molar refractivity (Wildman–Crippen MR) is 210 cm³/mol. The second kappa shape index (κ2) is 38.9. The van der Waals surface area contributed by atoms with E-state index in [1.807, 2.05) is 0 Å². The number of esters is 1. The van der Waals surface area contributed by atoms with Crippen molar-refractivity contribution >= 4 is 13.8 Å². The highest BCUT2D eigenvalue weighted by Gasteiger charge is 2.26. The van der Waals surface area contributed by atoms with Crippen LogP contribution in [0.3, 0.4) is 0 Å². The molecule has 10 heteroatoms. The zero-order valence-corrected chi connectivity index (χ0v) is 34.0. The lowest BCUT2D eigenvalue weighted by atomic mass is 10.0. The Bertz CT molecular complexity index is 810. The van der Waals surface area contributed by atoms with Gasteiger partial charge in [-0.25, -0.2) is 4.57 Å². The van der Waals surface area contributed by atoms with Gasteiger partial charge in [0.2, 0.25) is 0 Å². The van der Waals surface area contributed by atoms with E-state index < -0.39 is 33.2 Å². The number of hydrogen-bond donors (Lipinski definition) is 3. The lowest BCUT2D eigenvalue weighted by Crippen LogP contribution is -2.29. The molecule has 0 heterocycles. The van der Waals surface area contributed by atoms with E-state index in [0.29, 0.717) is 6.61 Å². The summed E-state index contributed by atoms with van der Waals surface area (Å²) in [5, 5.41) is 18.3. The van der Waals surface area contributed by atoms with Gasteiger partial charge in [0.05, 0.1) is 26.4 Å². The first-order chi connectivity index (χ1) is 24.8. The molecule has 304 valence electrons. The first-order valence-corrected chi connectivity index (χ1v) is 22.7. The summed E-state index contributed by atoms with van der Waals surface area (Å²) in [4.78, 5) is 22.5. The molecule has 3 N–H and O–H groups in total. The van der Waals surface area contributed by atoms with E-state index in [9.17, 15) is 19.4 Å². The van der Waals surface area contributed by atoms with E-state index >= 15 is 0 Å². The first-order valence-electron chi connectivity index (χ1n) is 21.2. The summed E-state index contributed by atoms with van der Waals surface area (Å²) in [5.74, 6) is -0.389. The summed E-state index contributed by atoms with van der Waals surface area (Å²) in [6.45, 7) is 3.51. The minimum atomic E-state index is -4.51. The normalized spacial score (nSPS) is 14.2. The molecular weight excluding hydrogens is 667 g/mol. The zero-order chi connectivity index (χ0) is 37.5. The van der Waals surface area contributed by atoms with Gasteiger partial charge < -0.3 is 24.6 Å². The summed E-state index contributed by atoms with van der Waals surface area (Å²) < 4.78 is 33.3. The average Bonchev–Trinajstić information content (AvgIpc) is 3.12. The van der Waals surface area contributed by atoms with E-state index in [0.717, 1.165) is 51.4 Å². The number of carbonyl (C=O) groups is 1. The smallest absolute Gasteiger partial charge is 0.457 e. The van der Waals surface area contributed by atoms with Crippen molar-refractivity contribution in [3.8, 4) is 0 Å². The van der Waals surface area contributed by atoms with Gasteiger partial charge in [-0.05, 0) is 38.5 Å². The molecule has 0 bridgehead atoms. The molecular formula is C41H81O9P. The van der Waals surface area contributed by atoms with Gasteiger partial charge in [-0.15, -0.1) is 0 Å². The Morgan fingerprint density at radius 1 is 0.588 bits per heavy atom. The van der Waals surface area contributed by atoms with Crippen molar-refractivity contribution < 1.29 is 43.0 Å². The molecule has 0 aromatic carbocycles. The highest BCUT2D eigenvalue weighted by molar-refractivity contribution is 7.47. The third-order valence-corrected chi connectivity index (χ3v) is 10.2. The van der Waals surface area contributed by atoms with Gasteiger partial charge in [-0.2, -0.15) is 0 Å².